The molecule has 1 aliphatic rings. The van der Waals surface area contributed by atoms with E-state index in [2.05, 4.69) is 5.32 Å². The molecule has 1 fully saturated rings. The van der Waals surface area contributed by atoms with Gasteiger partial charge in [-0.05, 0) is 43.5 Å². The maximum absolute atomic E-state index is 12.4. The van der Waals surface area contributed by atoms with E-state index >= 15 is 0 Å². The highest BCUT2D eigenvalue weighted by molar-refractivity contribution is 6.30. The summed E-state index contributed by atoms with van der Waals surface area (Å²) in [6.07, 6.45) is 2.89. The maximum Gasteiger partial charge on any atom is 0.243 e. The zero-order valence-electron chi connectivity index (χ0n) is 12.7. The molecule has 1 aromatic carbocycles. The van der Waals surface area contributed by atoms with Crippen LogP contribution in [0.2, 0.25) is 5.02 Å². The summed E-state index contributed by atoms with van der Waals surface area (Å²) in [6, 6.07) is 6.92. The summed E-state index contributed by atoms with van der Waals surface area (Å²) in [5, 5.41) is 3.30. The summed E-state index contributed by atoms with van der Waals surface area (Å²) < 4.78 is 0. The molecular weight excluding hydrogens is 302 g/mol. The van der Waals surface area contributed by atoms with Gasteiger partial charge in [-0.25, -0.2) is 0 Å². The van der Waals surface area contributed by atoms with Crippen LogP contribution in [0.5, 0.6) is 0 Å². The number of rotatable bonds is 5. The van der Waals surface area contributed by atoms with Crippen molar-refractivity contribution in [3.63, 3.8) is 0 Å². The maximum atomic E-state index is 12.4. The van der Waals surface area contributed by atoms with E-state index in [1.165, 1.54) is 4.90 Å². The van der Waals surface area contributed by atoms with Crippen molar-refractivity contribution >= 4 is 29.1 Å². The number of amides is 2. The molecule has 0 spiro atoms. The molecule has 0 aromatic heterocycles. The summed E-state index contributed by atoms with van der Waals surface area (Å²) in [5.41, 5.74) is 6.34. The van der Waals surface area contributed by atoms with Crippen molar-refractivity contribution < 1.29 is 9.59 Å². The molecule has 6 heteroatoms. The van der Waals surface area contributed by atoms with Crippen LogP contribution in [0, 0.1) is 11.8 Å². The first-order valence-electron chi connectivity index (χ1n) is 7.51. The highest BCUT2D eigenvalue weighted by atomic mass is 35.5. The van der Waals surface area contributed by atoms with Gasteiger partial charge in [0.25, 0.3) is 0 Å². The van der Waals surface area contributed by atoms with Gasteiger partial charge in [-0.2, -0.15) is 0 Å². The van der Waals surface area contributed by atoms with Gasteiger partial charge in [0.15, 0.2) is 0 Å². The Labute approximate surface area is 135 Å². The molecule has 2 rings (SSSR count). The van der Waals surface area contributed by atoms with Gasteiger partial charge >= 0.3 is 0 Å². The lowest BCUT2D eigenvalue weighted by Gasteiger charge is -2.24. The molecule has 2 atom stereocenters. The summed E-state index contributed by atoms with van der Waals surface area (Å²) in [6.45, 7) is 0.554. The zero-order valence-corrected chi connectivity index (χ0v) is 13.5. The van der Waals surface area contributed by atoms with Crippen LogP contribution in [-0.4, -0.2) is 36.9 Å². The van der Waals surface area contributed by atoms with Crippen molar-refractivity contribution in [3.8, 4) is 0 Å². The van der Waals surface area contributed by atoms with Crippen LogP contribution < -0.4 is 11.1 Å². The second-order valence-corrected chi connectivity index (χ2v) is 6.22. The Hall–Kier alpha value is -1.59. The summed E-state index contributed by atoms with van der Waals surface area (Å²) in [4.78, 5) is 25.9. The fourth-order valence-corrected chi connectivity index (χ4v) is 3.18. The van der Waals surface area contributed by atoms with Crippen molar-refractivity contribution in [1.29, 1.82) is 0 Å². The Morgan fingerprint density at radius 3 is 2.86 bits per heavy atom. The normalized spacial score (nSPS) is 20.7. The molecule has 3 N–H and O–H groups in total. The SMILES string of the molecule is CN(CC(=O)Nc1cccc(Cl)c1)C(=O)[C@@H]1CCC[C@@H]1CN. The van der Waals surface area contributed by atoms with Crippen LogP contribution in [0.15, 0.2) is 24.3 Å². The topological polar surface area (TPSA) is 75.4 Å². The number of nitrogens with two attached hydrogens (primary N) is 1. The average Bonchev–Trinajstić information content (AvgIpc) is 2.94. The molecule has 0 unspecified atom stereocenters. The highest BCUT2D eigenvalue weighted by Crippen LogP contribution is 2.32. The summed E-state index contributed by atoms with van der Waals surface area (Å²) >= 11 is 5.87. The van der Waals surface area contributed by atoms with Crippen LogP contribution in [0.3, 0.4) is 0 Å². The number of halogens is 1. The third-order valence-electron chi connectivity index (χ3n) is 4.14. The first-order valence-corrected chi connectivity index (χ1v) is 7.89. The van der Waals surface area contributed by atoms with E-state index in [1.807, 2.05) is 0 Å². The Bertz CT molecular complexity index is 550. The van der Waals surface area contributed by atoms with Gasteiger partial charge in [-0.15, -0.1) is 0 Å². The molecule has 0 aliphatic heterocycles. The Morgan fingerprint density at radius 2 is 2.18 bits per heavy atom. The van der Waals surface area contributed by atoms with Crippen LogP contribution in [-0.2, 0) is 9.59 Å². The molecule has 22 heavy (non-hydrogen) atoms. The van der Waals surface area contributed by atoms with Gasteiger partial charge < -0.3 is 16.0 Å². The first-order chi connectivity index (χ1) is 10.5. The molecule has 1 aliphatic carbocycles. The monoisotopic (exact) mass is 323 g/mol. The Kier molecular flexibility index (Phi) is 5.80. The molecule has 0 heterocycles. The largest absolute Gasteiger partial charge is 0.336 e. The Balaban J connectivity index is 1.89. The van der Waals surface area contributed by atoms with Gasteiger partial charge in [0.1, 0.15) is 0 Å². The van der Waals surface area contributed by atoms with Crippen LogP contribution in [0.25, 0.3) is 0 Å². The van der Waals surface area contributed by atoms with Crippen molar-refractivity contribution in [1.82, 2.24) is 4.90 Å². The van der Waals surface area contributed by atoms with E-state index in [-0.39, 0.29) is 30.2 Å². The average molecular weight is 324 g/mol. The third kappa shape index (κ3) is 4.21. The number of nitrogens with one attached hydrogen (secondary N) is 1. The molecule has 2 amide bonds. The minimum Gasteiger partial charge on any atom is -0.336 e. The lowest BCUT2D eigenvalue weighted by Crippen LogP contribution is -2.40. The molecule has 0 radical (unpaired) electrons. The van der Waals surface area contributed by atoms with Crippen LogP contribution in [0.1, 0.15) is 19.3 Å². The molecular formula is C16H22ClN3O2. The van der Waals surface area contributed by atoms with E-state index in [9.17, 15) is 9.59 Å². The highest BCUT2D eigenvalue weighted by Gasteiger charge is 2.34. The van der Waals surface area contributed by atoms with Crippen LogP contribution >= 0.6 is 11.6 Å². The van der Waals surface area contributed by atoms with Gasteiger partial charge in [-0.1, -0.05) is 24.1 Å². The molecule has 120 valence electrons. The van der Waals surface area contributed by atoms with Crippen LogP contribution in [0.4, 0.5) is 5.69 Å². The summed E-state index contributed by atoms with van der Waals surface area (Å²) in [5.74, 6) is -0.0329. The van der Waals surface area contributed by atoms with E-state index < -0.39 is 0 Å². The van der Waals surface area contributed by atoms with Crippen molar-refractivity contribution in [2.45, 2.75) is 19.3 Å². The molecule has 1 aromatic rings. The number of likely N-dealkylation sites (N-methyl/N-ethyl adjacent to an activating group) is 1. The molecule has 0 saturated heterocycles. The predicted octanol–water partition coefficient (Wildman–Crippen LogP) is 2.11. The van der Waals surface area contributed by atoms with Crippen molar-refractivity contribution in [3.05, 3.63) is 29.3 Å². The second kappa shape index (κ2) is 7.61. The minimum absolute atomic E-state index is 0.00851. The number of carbonyl (C=O) groups is 2. The van der Waals surface area contributed by atoms with Gasteiger partial charge in [0, 0.05) is 23.7 Å². The molecule has 5 nitrogen and oxygen atoms in total. The Morgan fingerprint density at radius 1 is 1.41 bits per heavy atom. The van der Waals surface area contributed by atoms with Gasteiger partial charge in [0.2, 0.25) is 11.8 Å². The van der Waals surface area contributed by atoms with E-state index in [1.54, 1.807) is 31.3 Å². The number of hydrogen-bond donors (Lipinski definition) is 2. The smallest absolute Gasteiger partial charge is 0.243 e. The number of anilines is 1. The number of hydrogen-bond acceptors (Lipinski definition) is 3. The van der Waals surface area contributed by atoms with E-state index in [0.29, 0.717) is 17.3 Å². The fraction of sp³-hybridized carbons (Fsp3) is 0.500. The second-order valence-electron chi connectivity index (χ2n) is 5.79. The summed E-state index contributed by atoms with van der Waals surface area (Å²) in [7, 11) is 1.66. The minimum atomic E-state index is -0.236. The number of benzene rings is 1. The predicted molar refractivity (Wildman–Crippen MR) is 87.6 cm³/mol. The van der Waals surface area contributed by atoms with Crippen molar-refractivity contribution in [2.24, 2.45) is 17.6 Å². The van der Waals surface area contributed by atoms with E-state index in [4.69, 9.17) is 17.3 Å². The lowest BCUT2D eigenvalue weighted by atomic mass is 9.95. The molecule has 0 bridgehead atoms. The molecule has 1 saturated carbocycles. The lowest BCUT2D eigenvalue weighted by molar-refractivity contribution is -0.137. The zero-order chi connectivity index (χ0) is 16.1. The first kappa shape index (κ1) is 16.8. The standard InChI is InChI=1S/C16H22ClN3O2/c1-20(16(22)14-7-2-4-11(14)9-18)10-15(21)19-13-6-3-5-12(17)8-13/h3,5-6,8,11,14H,2,4,7,9-10,18H2,1H3,(H,19,21)/t11-,14-/m1/s1. The number of nitrogens with zero attached hydrogens (tertiary/aromatic N) is 1. The van der Waals surface area contributed by atoms with Gasteiger partial charge in [-0.3, -0.25) is 9.59 Å². The number of carbonyl (C=O) groups excluding carboxylic acids is 2. The third-order valence-corrected chi connectivity index (χ3v) is 4.38. The van der Waals surface area contributed by atoms with E-state index in [0.717, 1.165) is 19.3 Å². The fourth-order valence-electron chi connectivity index (χ4n) is 2.99. The van der Waals surface area contributed by atoms with Crippen molar-refractivity contribution in [2.75, 3.05) is 25.5 Å². The quantitative estimate of drug-likeness (QED) is 0.871. The van der Waals surface area contributed by atoms with Gasteiger partial charge in [0.05, 0.1) is 6.54 Å².